The van der Waals surface area contributed by atoms with Gasteiger partial charge in [-0.3, -0.25) is 4.79 Å². The van der Waals surface area contributed by atoms with Crippen LogP contribution in [0.1, 0.15) is 19.4 Å². The Labute approximate surface area is 118 Å². The number of rotatable bonds is 6. The van der Waals surface area contributed by atoms with Crippen molar-refractivity contribution in [1.82, 2.24) is 10.6 Å². The Morgan fingerprint density at radius 2 is 2.05 bits per heavy atom. The first-order valence-electron chi connectivity index (χ1n) is 5.97. The van der Waals surface area contributed by atoms with Crippen LogP contribution >= 0.6 is 12.4 Å². The van der Waals surface area contributed by atoms with Crippen molar-refractivity contribution in [1.29, 1.82) is 0 Å². The van der Waals surface area contributed by atoms with Gasteiger partial charge in [0.2, 0.25) is 5.91 Å². The number of carbonyl (C=O) groups is 1. The Kier molecular flexibility index (Phi) is 8.27. The summed E-state index contributed by atoms with van der Waals surface area (Å²) >= 11 is 0. The molecule has 0 radical (unpaired) electrons. The summed E-state index contributed by atoms with van der Waals surface area (Å²) in [5.41, 5.74) is 0.0728. The molecule has 0 fully saturated rings. The number of hydrogen-bond donors (Lipinski definition) is 2. The predicted molar refractivity (Wildman–Crippen MR) is 73.5 cm³/mol. The van der Waals surface area contributed by atoms with Gasteiger partial charge >= 0.3 is 0 Å². The van der Waals surface area contributed by atoms with Crippen molar-refractivity contribution in [3.63, 3.8) is 0 Å². The van der Waals surface area contributed by atoms with Crippen molar-refractivity contribution < 1.29 is 13.6 Å². The van der Waals surface area contributed by atoms with Crippen molar-refractivity contribution >= 4 is 18.3 Å². The standard InChI is InChI=1S/C13H18F2N2O.ClH/c1-3-16-9(2)8-17-13(18)7-10-6-11(14)4-5-12(10)15;/h4-6,9,16H,3,7-8H2,1-2H3,(H,17,18);1H/t9-;/m1./s1. The summed E-state index contributed by atoms with van der Waals surface area (Å²) in [6, 6.07) is 3.25. The molecule has 1 atom stereocenters. The lowest BCUT2D eigenvalue weighted by Crippen LogP contribution is -2.39. The quantitative estimate of drug-likeness (QED) is 0.842. The van der Waals surface area contributed by atoms with Gasteiger partial charge in [-0.25, -0.2) is 8.78 Å². The number of hydrogen-bond acceptors (Lipinski definition) is 2. The van der Waals surface area contributed by atoms with Gasteiger partial charge < -0.3 is 10.6 Å². The van der Waals surface area contributed by atoms with Gasteiger partial charge in [0.25, 0.3) is 0 Å². The van der Waals surface area contributed by atoms with Gasteiger partial charge in [0.05, 0.1) is 6.42 Å². The van der Waals surface area contributed by atoms with E-state index < -0.39 is 11.6 Å². The molecule has 108 valence electrons. The Bertz CT molecular complexity index is 416. The van der Waals surface area contributed by atoms with Gasteiger partial charge in [-0.05, 0) is 31.7 Å². The lowest BCUT2D eigenvalue weighted by molar-refractivity contribution is -0.120. The molecule has 0 aromatic heterocycles. The molecule has 19 heavy (non-hydrogen) atoms. The van der Waals surface area contributed by atoms with Crippen LogP contribution in [0.25, 0.3) is 0 Å². The van der Waals surface area contributed by atoms with E-state index in [0.717, 1.165) is 24.7 Å². The first kappa shape index (κ1) is 17.8. The first-order chi connectivity index (χ1) is 8.52. The zero-order valence-corrected chi connectivity index (χ0v) is 11.8. The third kappa shape index (κ3) is 6.50. The van der Waals surface area contributed by atoms with E-state index in [2.05, 4.69) is 10.6 Å². The maximum absolute atomic E-state index is 13.3. The van der Waals surface area contributed by atoms with Crippen LogP contribution in [0, 0.1) is 11.6 Å². The summed E-state index contributed by atoms with van der Waals surface area (Å²) in [5, 5.41) is 5.81. The van der Waals surface area contributed by atoms with Gasteiger partial charge in [0, 0.05) is 18.2 Å². The highest BCUT2D eigenvalue weighted by atomic mass is 35.5. The SMILES string of the molecule is CCN[C@H](C)CNC(=O)Cc1cc(F)ccc1F.Cl. The molecule has 0 aliphatic carbocycles. The highest BCUT2D eigenvalue weighted by Gasteiger charge is 2.10. The van der Waals surface area contributed by atoms with Crippen LogP contribution in [0.15, 0.2) is 18.2 Å². The second-order valence-electron chi connectivity index (χ2n) is 4.18. The number of carbonyl (C=O) groups excluding carboxylic acids is 1. The molecule has 3 nitrogen and oxygen atoms in total. The molecular formula is C13H19ClF2N2O. The van der Waals surface area contributed by atoms with Gasteiger partial charge in [0.15, 0.2) is 0 Å². The molecule has 0 bridgehead atoms. The summed E-state index contributed by atoms with van der Waals surface area (Å²) in [6.07, 6.45) is -0.150. The van der Waals surface area contributed by atoms with Crippen LogP contribution in [0.2, 0.25) is 0 Å². The molecule has 2 N–H and O–H groups in total. The third-order valence-corrected chi connectivity index (χ3v) is 2.52. The Hall–Kier alpha value is -1.20. The molecule has 0 saturated carbocycles. The molecule has 1 amide bonds. The fraction of sp³-hybridized carbons (Fsp3) is 0.462. The van der Waals surface area contributed by atoms with E-state index in [0.29, 0.717) is 6.54 Å². The number of benzene rings is 1. The van der Waals surface area contributed by atoms with Crippen molar-refractivity contribution in [2.45, 2.75) is 26.3 Å². The van der Waals surface area contributed by atoms with Crippen molar-refractivity contribution in [3.8, 4) is 0 Å². The second kappa shape index (κ2) is 8.82. The topological polar surface area (TPSA) is 41.1 Å². The molecule has 0 aliphatic rings. The van der Waals surface area contributed by atoms with Crippen molar-refractivity contribution in [2.24, 2.45) is 0 Å². The molecule has 1 rings (SSSR count). The van der Waals surface area contributed by atoms with Crippen LogP contribution in [0.3, 0.4) is 0 Å². The molecule has 1 aromatic rings. The number of likely N-dealkylation sites (N-methyl/N-ethyl adjacent to an activating group) is 1. The largest absolute Gasteiger partial charge is 0.354 e. The second-order valence-corrected chi connectivity index (χ2v) is 4.18. The maximum atomic E-state index is 13.3. The highest BCUT2D eigenvalue weighted by Crippen LogP contribution is 2.10. The van der Waals surface area contributed by atoms with E-state index in [4.69, 9.17) is 0 Å². The fourth-order valence-electron chi connectivity index (χ4n) is 1.60. The maximum Gasteiger partial charge on any atom is 0.224 e. The van der Waals surface area contributed by atoms with Crippen molar-refractivity contribution in [2.75, 3.05) is 13.1 Å². The molecule has 0 heterocycles. The minimum atomic E-state index is -0.564. The molecule has 6 heteroatoms. The van der Waals surface area contributed by atoms with E-state index in [1.807, 2.05) is 13.8 Å². The average Bonchev–Trinajstić information content (AvgIpc) is 2.32. The molecule has 0 unspecified atom stereocenters. The molecule has 0 saturated heterocycles. The molecular weight excluding hydrogens is 274 g/mol. The Morgan fingerprint density at radius 1 is 1.37 bits per heavy atom. The van der Waals surface area contributed by atoms with E-state index in [1.165, 1.54) is 0 Å². The highest BCUT2D eigenvalue weighted by molar-refractivity contribution is 5.85. The van der Waals surface area contributed by atoms with E-state index in [1.54, 1.807) is 0 Å². The summed E-state index contributed by atoms with van der Waals surface area (Å²) < 4.78 is 26.2. The van der Waals surface area contributed by atoms with Crippen molar-refractivity contribution in [3.05, 3.63) is 35.4 Å². The number of amides is 1. The van der Waals surface area contributed by atoms with E-state index >= 15 is 0 Å². The van der Waals surface area contributed by atoms with Gasteiger partial charge in [-0.15, -0.1) is 12.4 Å². The normalized spacial score (nSPS) is 11.6. The van der Waals surface area contributed by atoms with Gasteiger partial charge in [0.1, 0.15) is 11.6 Å². The van der Waals surface area contributed by atoms with Crippen LogP contribution in [-0.4, -0.2) is 25.0 Å². The van der Waals surface area contributed by atoms with Crippen LogP contribution in [-0.2, 0) is 11.2 Å². The van der Waals surface area contributed by atoms with Gasteiger partial charge in [-0.2, -0.15) is 0 Å². The zero-order chi connectivity index (χ0) is 13.5. The summed E-state index contributed by atoms with van der Waals surface area (Å²) in [7, 11) is 0. The zero-order valence-electron chi connectivity index (χ0n) is 11.0. The lowest BCUT2D eigenvalue weighted by Gasteiger charge is -2.13. The number of halogens is 3. The minimum Gasteiger partial charge on any atom is -0.354 e. The molecule has 1 aromatic carbocycles. The summed E-state index contributed by atoms with van der Waals surface area (Å²) in [4.78, 5) is 11.6. The monoisotopic (exact) mass is 292 g/mol. The van der Waals surface area contributed by atoms with Crippen LogP contribution < -0.4 is 10.6 Å². The van der Waals surface area contributed by atoms with Crippen LogP contribution in [0.5, 0.6) is 0 Å². The summed E-state index contributed by atoms with van der Waals surface area (Å²) in [5.74, 6) is -1.42. The minimum absolute atomic E-state index is 0. The number of nitrogens with one attached hydrogen (secondary N) is 2. The Morgan fingerprint density at radius 3 is 2.68 bits per heavy atom. The summed E-state index contributed by atoms with van der Waals surface area (Å²) in [6.45, 7) is 5.19. The average molecular weight is 293 g/mol. The third-order valence-electron chi connectivity index (χ3n) is 2.52. The van der Waals surface area contributed by atoms with Gasteiger partial charge in [-0.1, -0.05) is 6.92 Å². The van der Waals surface area contributed by atoms with E-state index in [9.17, 15) is 13.6 Å². The first-order valence-corrected chi connectivity index (χ1v) is 5.97. The van der Waals surface area contributed by atoms with Crippen LogP contribution in [0.4, 0.5) is 8.78 Å². The smallest absolute Gasteiger partial charge is 0.224 e. The fourth-order valence-corrected chi connectivity index (χ4v) is 1.60. The predicted octanol–water partition coefficient (Wildman–Crippen LogP) is 2.04. The van der Waals surface area contributed by atoms with E-state index in [-0.39, 0.29) is 36.3 Å². The Balaban J connectivity index is 0.00000324. The lowest BCUT2D eigenvalue weighted by atomic mass is 10.1. The molecule has 0 aliphatic heterocycles. The molecule has 0 spiro atoms.